The van der Waals surface area contributed by atoms with Crippen LogP contribution < -0.4 is 0 Å². The highest BCUT2D eigenvalue weighted by atomic mass is 16.6. The van der Waals surface area contributed by atoms with Gasteiger partial charge >= 0.3 is 0 Å². The van der Waals surface area contributed by atoms with Crippen molar-refractivity contribution in [2.24, 2.45) is 0 Å². The van der Waals surface area contributed by atoms with Crippen LogP contribution in [-0.4, -0.2) is 84.5 Å². The molecule has 0 saturated heterocycles. The summed E-state index contributed by atoms with van der Waals surface area (Å²) in [6.07, 6.45) is -11.2. The highest BCUT2D eigenvalue weighted by molar-refractivity contribution is 5.22. The van der Waals surface area contributed by atoms with Gasteiger partial charge in [-0.1, -0.05) is 303 Å². The predicted molar refractivity (Wildman–Crippen MR) is 364 cm³/mol. The molecular formula is C82H86O12. The molecule has 0 aliphatic carbocycles. The van der Waals surface area contributed by atoms with Crippen molar-refractivity contribution in [3.8, 4) is 0 Å². The van der Waals surface area contributed by atoms with E-state index in [0.29, 0.717) is 0 Å². The molecule has 10 aromatic rings. The number of hydrogen-bond acceptors (Lipinski definition) is 12. The van der Waals surface area contributed by atoms with Crippen LogP contribution >= 0.6 is 0 Å². The van der Waals surface area contributed by atoms with Crippen LogP contribution in [0.2, 0.25) is 0 Å². The second kappa shape index (κ2) is 38.8. The van der Waals surface area contributed by atoms with Crippen molar-refractivity contribution in [3.63, 3.8) is 0 Å². The van der Waals surface area contributed by atoms with Crippen LogP contribution in [0.5, 0.6) is 0 Å². The van der Waals surface area contributed by atoms with Gasteiger partial charge in [-0.15, -0.1) is 0 Å². The number of ether oxygens (including phenoxy) is 10. The smallest absolute Gasteiger partial charge is 0.116 e. The summed E-state index contributed by atoms with van der Waals surface area (Å²) in [4.78, 5) is 0. The normalized spacial score (nSPS) is 14.8. The van der Waals surface area contributed by atoms with E-state index in [1.54, 1.807) is 0 Å². The first-order valence-corrected chi connectivity index (χ1v) is 32.3. The summed E-state index contributed by atoms with van der Waals surface area (Å²) < 4.78 is 74.2. The van der Waals surface area contributed by atoms with Crippen molar-refractivity contribution in [1.29, 1.82) is 0 Å². The fourth-order valence-electron chi connectivity index (χ4n) is 11.3. The standard InChI is InChI=1S/C82H86O12/c83-51-73(85-53-63-31-11-1-12-32-63)75(87-55-65-35-15-3-16-36-65)77(89-57-67-39-19-5-20-40-67)79(91-59-69-43-23-7-24-44-69)81(93-61-71-47-27-9-28-48-71)82(94-62-72-49-29-10-30-50-72)80(92-60-70-45-25-8-26-46-70)78(90-58-68-41-21-6-22-42-68)76(88-56-66-37-17-4-18-38-66)74(52-84)86-54-64-33-13-2-14-34-64/h1-50,73-84H,51-62H2/t73-,74-,75+,76+,77-,78-,79-,80-,81-,82+/m0/s1. The highest BCUT2D eigenvalue weighted by Crippen LogP contribution is 2.35. The molecule has 0 unspecified atom stereocenters. The van der Waals surface area contributed by atoms with Gasteiger partial charge in [-0.25, -0.2) is 0 Å². The Labute approximate surface area is 554 Å². The molecule has 10 atom stereocenters. The average Bonchev–Trinajstić information content (AvgIpc) is 1.19. The number of aliphatic hydroxyl groups is 2. The zero-order chi connectivity index (χ0) is 64.5. The molecule has 0 saturated carbocycles. The summed E-state index contributed by atoms with van der Waals surface area (Å²) in [6, 6.07) is 99.3. The van der Waals surface area contributed by atoms with Gasteiger partial charge in [0.25, 0.3) is 0 Å². The highest BCUT2D eigenvalue weighted by Gasteiger charge is 2.51. The summed E-state index contributed by atoms with van der Waals surface area (Å²) in [5, 5.41) is 23.9. The van der Waals surface area contributed by atoms with Gasteiger partial charge in [-0.3, -0.25) is 0 Å². The van der Waals surface area contributed by atoms with Crippen molar-refractivity contribution < 1.29 is 57.6 Å². The third-order valence-electron chi connectivity index (χ3n) is 16.3. The van der Waals surface area contributed by atoms with Gasteiger partial charge in [0.05, 0.1) is 79.3 Å². The number of hydrogen-bond donors (Lipinski definition) is 2. The van der Waals surface area contributed by atoms with Gasteiger partial charge < -0.3 is 57.6 Å². The second-order valence-electron chi connectivity index (χ2n) is 23.1. The molecular weight excluding hydrogens is 1180 g/mol. The molecule has 94 heavy (non-hydrogen) atoms. The average molecular weight is 1260 g/mol. The minimum atomic E-state index is -1.19. The van der Waals surface area contributed by atoms with E-state index in [9.17, 15) is 10.2 Å². The SMILES string of the molecule is OC[C@H](OCc1ccccc1)[C@@H](OCc1ccccc1)[C@H](OCc1ccccc1)[C@H](OCc1ccccc1)[C@H](OCc1ccccc1)[C@H](OCc1ccccc1)[C@@H](OCc1ccccc1)[C@@H](OCc1ccccc1)[C@H](OCc1ccccc1)[C@H](CO)OCc1ccccc1. The first-order valence-electron chi connectivity index (χ1n) is 32.3. The van der Waals surface area contributed by atoms with E-state index in [4.69, 9.17) is 47.4 Å². The Morgan fingerprint density at radius 3 is 0.415 bits per heavy atom. The van der Waals surface area contributed by atoms with E-state index < -0.39 is 74.3 Å². The third kappa shape index (κ3) is 21.9. The molecule has 12 nitrogen and oxygen atoms in total. The summed E-state index contributed by atoms with van der Waals surface area (Å²) in [5.41, 5.74) is 8.81. The van der Waals surface area contributed by atoms with Crippen molar-refractivity contribution >= 4 is 0 Å². The minimum absolute atomic E-state index is 0.0606. The molecule has 0 aromatic heterocycles. The maximum Gasteiger partial charge on any atom is 0.116 e. The van der Waals surface area contributed by atoms with E-state index in [1.165, 1.54) is 0 Å². The summed E-state index contributed by atoms with van der Waals surface area (Å²) in [5.74, 6) is 0. The Bertz CT molecular complexity index is 3310. The maximum atomic E-state index is 11.9. The fourth-order valence-corrected chi connectivity index (χ4v) is 11.3. The Morgan fingerprint density at radius 1 is 0.160 bits per heavy atom. The van der Waals surface area contributed by atoms with Crippen LogP contribution in [0.25, 0.3) is 0 Å². The molecule has 0 spiro atoms. The van der Waals surface area contributed by atoms with Crippen LogP contribution in [0.1, 0.15) is 55.6 Å². The zero-order valence-corrected chi connectivity index (χ0v) is 53.1. The van der Waals surface area contributed by atoms with E-state index >= 15 is 0 Å². The summed E-state index contributed by atoms with van der Waals surface area (Å²) >= 11 is 0. The lowest BCUT2D eigenvalue weighted by atomic mass is 9.89. The molecule has 0 amide bonds. The summed E-state index contributed by atoms with van der Waals surface area (Å²) in [7, 11) is 0. The van der Waals surface area contributed by atoms with Crippen molar-refractivity contribution in [3.05, 3.63) is 359 Å². The molecule has 12 heteroatoms. The maximum absolute atomic E-state index is 11.9. The van der Waals surface area contributed by atoms with Gasteiger partial charge in [0.2, 0.25) is 0 Å². The molecule has 0 aliphatic heterocycles. The Morgan fingerprint density at radius 2 is 0.277 bits per heavy atom. The fraction of sp³-hybridized carbons (Fsp3) is 0.268. The summed E-state index contributed by atoms with van der Waals surface area (Å²) in [6.45, 7) is 0.0247. The van der Waals surface area contributed by atoms with Gasteiger partial charge in [0.1, 0.15) is 61.0 Å². The van der Waals surface area contributed by atoms with E-state index in [-0.39, 0.29) is 66.1 Å². The molecule has 10 aromatic carbocycles. The molecule has 0 heterocycles. The van der Waals surface area contributed by atoms with E-state index in [0.717, 1.165) is 55.6 Å². The van der Waals surface area contributed by atoms with Gasteiger partial charge in [-0.2, -0.15) is 0 Å². The van der Waals surface area contributed by atoms with Crippen LogP contribution in [0, 0.1) is 0 Å². The lowest BCUT2D eigenvalue weighted by molar-refractivity contribution is -0.265. The molecule has 0 fully saturated rings. The molecule has 486 valence electrons. The van der Waals surface area contributed by atoms with Crippen LogP contribution in [0.15, 0.2) is 303 Å². The van der Waals surface area contributed by atoms with E-state index in [2.05, 4.69) is 0 Å². The molecule has 0 aliphatic rings. The first-order chi connectivity index (χ1) is 46.6. The van der Waals surface area contributed by atoms with Gasteiger partial charge in [0, 0.05) is 0 Å². The Kier molecular flexibility index (Phi) is 28.3. The quantitative estimate of drug-likeness (QED) is 0.0378. The van der Waals surface area contributed by atoms with Crippen LogP contribution in [0.4, 0.5) is 0 Å². The Balaban J connectivity index is 1.21. The number of aliphatic hydroxyl groups excluding tert-OH is 2. The first kappa shape index (κ1) is 68.6. The minimum Gasteiger partial charge on any atom is -0.394 e. The largest absolute Gasteiger partial charge is 0.394 e. The van der Waals surface area contributed by atoms with Crippen LogP contribution in [-0.2, 0) is 113 Å². The number of rotatable bonds is 41. The van der Waals surface area contributed by atoms with Gasteiger partial charge in [0.15, 0.2) is 0 Å². The monoisotopic (exact) mass is 1260 g/mol. The zero-order valence-electron chi connectivity index (χ0n) is 53.1. The van der Waals surface area contributed by atoms with Crippen LogP contribution in [0.3, 0.4) is 0 Å². The lowest BCUT2D eigenvalue weighted by Crippen LogP contribution is -2.62. The molecule has 0 bridgehead atoms. The lowest BCUT2D eigenvalue weighted by Gasteiger charge is -2.46. The van der Waals surface area contributed by atoms with Gasteiger partial charge in [-0.05, 0) is 55.6 Å². The predicted octanol–water partition coefficient (Wildman–Crippen LogP) is 14.8. The topological polar surface area (TPSA) is 133 Å². The third-order valence-corrected chi connectivity index (χ3v) is 16.3. The van der Waals surface area contributed by atoms with Crippen molar-refractivity contribution in [1.82, 2.24) is 0 Å². The second-order valence-corrected chi connectivity index (χ2v) is 23.1. The van der Waals surface area contributed by atoms with E-state index in [1.807, 2.05) is 303 Å². The molecule has 10 rings (SSSR count). The van der Waals surface area contributed by atoms with Crippen molar-refractivity contribution in [2.75, 3.05) is 13.2 Å². The van der Waals surface area contributed by atoms with Crippen molar-refractivity contribution in [2.45, 2.75) is 127 Å². The Hall–Kier alpha value is -8.28. The number of benzene rings is 10. The molecule has 0 radical (unpaired) electrons. The molecule has 2 N–H and O–H groups in total.